The maximum absolute atomic E-state index is 2.38. The summed E-state index contributed by atoms with van der Waals surface area (Å²) < 4.78 is 0. The Kier molecular flexibility index (Phi) is 2.96. The van der Waals surface area contributed by atoms with Crippen LogP contribution in [-0.4, -0.2) is 0 Å². The van der Waals surface area contributed by atoms with Gasteiger partial charge < -0.3 is 0 Å². The lowest BCUT2D eigenvalue weighted by molar-refractivity contribution is 0.691. The minimum absolute atomic E-state index is 0.991. The van der Waals surface area contributed by atoms with Gasteiger partial charge in [0, 0.05) is 0 Å². The van der Waals surface area contributed by atoms with Crippen molar-refractivity contribution in [1.82, 2.24) is 0 Å². The SMILES string of the molecule is C1=CC2CCC1C2.c1ccc2ccccc2c1. The van der Waals surface area contributed by atoms with Gasteiger partial charge in [0.1, 0.15) is 0 Å². The molecule has 86 valence electrons. The van der Waals surface area contributed by atoms with E-state index in [0.717, 1.165) is 11.8 Å². The fourth-order valence-corrected chi connectivity index (χ4v) is 2.85. The van der Waals surface area contributed by atoms with E-state index in [1.165, 1.54) is 30.0 Å². The molecule has 0 spiro atoms. The van der Waals surface area contributed by atoms with E-state index >= 15 is 0 Å². The summed E-state index contributed by atoms with van der Waals surface area (Å²) in [5.74, 6) is 1.98. The predicted octanol–water partition coefficient (Wildman–Crippen LogP) is 4.81. The van der Waals surface area contributed by atoms with Crippen LogP contribution < -0.4 is 0 Å². The number of fused-ring (bicyclic) bond motifs is 3. The van der Waals surface area contributed by atoms with Crippen molar-refractivity contribution in [2.75, 3.05) is 0 Å². The first-order valence-corrected chi connectivity index (χ1v) is 6.54. The summed E-state index contributed by atoms with van der Waals surface area (Å²) in [5.41, 5.74) is 0. The molecule has 0 aromatic heterocycles. The van der Waals surface area contributed by atoms with Crippen molar-refractivity contribution in [2.24, 2.45) is 11.8 Å². The standard InChI is InChI=1S/C10H8.C7H10/c1-2-6-10-8-4-3-7-9(10)5-1;1-2-7-4-3-6(1)5-7/h1-8H;1-2,6-7H,3-5H2. The van der Waals surface area contributed by atoms with Gasteiger partial charge >= 0.3 is 0 Å². The molecule has 0 heteroatoms. The van der Waals surface area contributed by atoms with Gasteiger partial charge in [-0.15, -0.1) is 0 Å². The van der Waals surface area contributed by atoms with Crippen molar-refractivity contribution in [1.29, 1.82) is 0 Å². The summed E-state index contributed by atoms with van der Waals surface area (Å²) in [6.45, 7) is 0. The second-order valence-corrected chi connectivity index (χ2v) is 5.07. The van der Waals surface area contributed by atoms with Crippen molar-refractivity contribution >= 4 is 10.8 Å². The molecule has 2 aromatic rings. The third kappa shape index (κ3) is 2.41. The molecule has 2 aliphatic rings. The van der Waals surface area contributed by atoms with Gasteiger partial charge in [-0.3, -0.25) is 0 Å². The molecule has 2 aliphatic carbocycles. The van der Waals surface area contributed by atoms with Gasteiger partial charge in [-0.1, -0.05) is 60.7 Å². The Morgan fingerprint density at radius 3 is 1.29 bits per heavy atom. The molecule has 0 N–H and O–H groups in total. The molecule has 0 heterocycles. The fourth-order valence-electron chi connectivity index (χ4n) is 2.85. The van der Waals surface area contributed by atoms with Gasteiger partial charge in [0.05, 0.1) is 0 Å². The van der Waals surface area contributed by atoms with Gasteiger partial charge in [0.2, 0.25) is 0 Å². The van der Waals surface area contributed by atoms with E-state index in [0.29, 0.717) is 0 Å². The second-order valence-electron chi connectivity index (χ2n) is 5.07. The molecule has 1 fully saturated rings. The minimum atomic E-state index is 0.991. The van der Waals surface area contributed by atoms with Crippen LogP contribution in [0.4, 0.5) is 0 Å². The Labute approximate surface area is 103 Å². The summed E-state index contributed by atoms with van der Waals surface area (Å²) in [5, 5.41) is 2.62. The van der Waals surface area contributed by atoms with Crippen molar-refractivity contribution < 1.29 is 0 Å². The summed E-state index contributed by atoms with van der Waals surface area (Å²) >= 11 is 0. The van der Waals surface area contributed by atoms with E-state index in [1.54, 1.807) is 0 Å². The van der Waals surface area contributed by atoms with Crippen molar-refractivity contribution in [3.63, 3.8) is 0 Å². The average molecular weight is 222 g/mol. The fraction of sp³-hybridized carbons (Fsp3) is 0.294. The predicted molar refractivity (Wildman–Crippen MR) is 73.9 cm³/mol. The molecule has 4 rings (SSSR count). The van der Waals surface area contributed by atoms with E-state index in [4.69, 9.17) is 0 Å². The van der Waals surface area contributed by atoms with Crippen molar-refractivity contribution in [3.05, 3.63) is 60.7 Å². The molecule has 0 aliphatic heterocycles. The third-order valence-corrected chi connectivity index (χ3v) is 3.83. The molecule has 2 atom stereocenters. The summed E-state index contributed by atoms with van der Waals surface area (Å²) in [6.07, 6.45) is 9.19. The first kappa shape index (κ1) is 10.6. The third-order valence-electron chi connectivity index (χ3n) is 3.83. The Hall–Kier alpha value is -1.56. The van der Waals surface area contributed by atoms with Crippen molar-refractivity contribution in [2.45, 2.75) is 19.3 Å². The Bertz CT molecular complexity index is 447. The maximum Gasteiger partial charge on any atom is -0.0184 e. The highest BCUT2D eigenvalue weighted by molar-refractivity contribution is 5.81. The minimum Gasteiger partial charge on any atom is -0.0851 e. The number of allylic oxidation sites excluding steroid dienone is 2. The van der Waals surface area contributed by atoms with Crippen LogP contribution in [-0.2, 0) is 0 Å². The lowest BCUT2D eigenvalue weighted by atomic mass is 10.1. The normalized spacial score (nSPS) is 24.7. The summed E-state index contributed by atoms with van der Waals surface area (Å²) in [6, 6.07) is 16.7. The molecule has 2 aromatic carbocycles. The van der Waals surface area contributed by atoms with E-state index in [1.807, 2.05) is 0 Å². The Morgan fingerprint density at radius 1 is 0.647 bits per heavy atom. The van der Waals surface area contributed by atoms with Crippen LogP contribution >= 0.6 is 0 Å². The number of benzene rings is 2. The molecule has 0 saturated heterocycles. The first-order chi connectivity index (χ1) is 8.42. The van der Waals surface area contributed by atoms with Crippen LogP contribution in [0.2, 0.25) is 0 Å². The monoisotopic (exact) mass is 222 g/mol. The highest BCUT2D eigenvalue weighted by Crippen LogP contribution is 2.38. The topological polar surface area (TPSA) is 0 Å². The lowest BCUT2D eigenvalue weighted by Gasteiger charge is -1.96. The van der Waals surface area contributed by atoms with Crippen molar-refractivity contribution in [3.8, 4) is 0 Å². The second kappa shape index (κ2) is 4.75. The van der Waals surface area contributed by atoms with Gasteiger partial charge in [0.25, 0.3) is 0 Å². The van der Waals surface area contributed by atoms with E-state index in [2.05, 4.69) is 60.7 Å². The quantitative estimate of drug-likeness (QED) is 0.561. The van der Waals surface area contributed by atoms with E-state index in [-0.39, 0.29) is 0 Å². The molecule has 17 heavy (non-hydrogen) atoms. The number of hydrogen-bond acceptors (Lipinski definition) is 0. The average Bonchev–Trinajstić information content (AvgIpc) is 3.04. The van der Waals surface area contributed by atoms with Crippen LogP contribution in [0.5, 0.6) is 0 Å². The Balaban J connectivity index is 0.000000113. The number of hydrogen-bond donors (Lipinski definition) is 0. The molecular formula is C17H18. The van der Waals surface area contributed by atoms with Gasteiger partial charge in [0.15, 0.2) is 0 Å². The van der Waals surface area contributed by atoms with Crippen LogP contribution in [0.15, 0.2) is 60.7 Å². The largest absolute Gasteiger partial charge is 0.0851 e. The van der Waals surface area contributed by atoms with Crippen LogP contribution in [0.25, 0.3) is 10.8 Å². The van der Waals surface area contributed by atoms with Gasteiger partial charge in [-0.05, 0) is 41.9 Å². The first-order valence-electron chi connectivity index (χ1n) is 6.54. The molecule has 2 unspecified atom stereocenters. The molecule has 0 radical (unpaired) electrons. The highest BCUT2D eigenvalue weighted by Gasteiger charge is 2.25. The van der Waals surface area contributed by atoms with Gasteiger partial charge in [-0.25, -0.2) is 0 Å². The van der Waals surface area contributed by atoms with Crippen LogP contribution in [0.1, 0.15) is 19.3 Å². The van der Waals surface area contributed by atoms with Gasteiger partial charge in [-0.2, -0.15) is 0 Å². The number of rotatable bonds is 0. The molecule has 1 saturated carbocycles. The molecule has 2 bridgehead atoms. The zero-order chi connectivity index (χ0) is 11.5. The van der Waals surface area contributed by atoms with E-state index < -0.39 is 0 Å². The maximum atomic E-state index is 2.38. The van der Waals surface area contributed by atoms with Crippen LogP contribution in [0.3, 0.4) is 0 Å². The molecule has 0 nitrogen and oxygen atoms in total. The molecular weight excluding hydrogens is 204 g/mol. The smallest absolute Gasteiger partial charge is 0.0184 e. The Morgan fingerprint density at radius 2 is 1.06 bits per heavy atom. The van der Waals surface area contributed by atoms with E-state index in [9.17, 15) is 0 Å². The summed E-state index contributed by atoms with van der Waals surface area (Å²) in [4.78, 5) is 0. The van der Waals surface area contributed by atoms with Crippen LogP contribution in [0, 0.1) is 11.8 Å². The molecule has 0 amide bonds. The zero-order valence-electron chi connectivity index (χ0n) is 10.0. The zero-order valence-corrected chi connectivity index (χ0v) is 10.0. The highest BCUT2D eigenvalue weighted by atomic mass is 14.3. The summed E-state index contributed by atoms with van der Waals surface area (Å²) in [7, 11) is 0. The lowest BCUT2D eigenvalue weighted by Crippen LogP contribution is -1.82.